The highest BCUT2D eigenvalue weighted by atomic mass is 16.6. The molecule has 0 bridgehead atoms. The van der Waals surface area contributed by atoms with E-state index in [9.17, 15) is 14.4 Å². The molecule has 0 aromatic rings. The highest BCUT2D eigenvalue weighted by molar-refractivity contribution is 5.71. The molecule has 0 spiro atoms. The van der Waals surface area contributed by atoms with Gasteiger partial charge in [-0.2, -0.15) is 0 Å². The summed E-state index contributed by atoms with van der Waals surface area (Å²) >= 11 is 0. The Morgan fingerprint density at radius 2 is 0.456 bits per heavy atom. The molecular weight excluding hydrogens is 973 g/mol. The fraction of sp³-hybridized carbons (Fsp3) is 0.575. The molecule has 442 valence electrons. The summed E-state index contributed by atoms with van der Waals surface area (Å²) < 4.78 is 16.8. The van der Waals surface area contributed by atoms with Crippen molar-refractivity contribution in [2.75, 3.05) is 13.2 Å². The number of hydrogen-bond acceptors (Lipinski definition) is 6. The first-order valence-corrected chi connectivity index (χ1v) is 31.6. The summed E-state index contributed by atoms with van der Waals surface area (Å²) in [5.74, 6) is -0.984. The number of carbonyl (C=O) groups is 3. The van der Waals surface area contributed by atoms with Crippen molar-refractivity contribution in [3.05, 3.63) is 170 Å². The van der Waals surface area contributed by atoms with Crippen LogP contribution in [0.3, 0.4) is 0 Å². The lowest BCUT2D eigenvalue weighted by atomic mass is 10.1. The van der Waals surface area contributed by atoms with E-state index in [1.54, 1.807) is 0 Å². The predicted molar refractivity (Wildman–Crippen MR) is 343 cm³/mol. The molecule has 0 aliphatic rings. The Labute approximate surface area is 485 Å². The standard InChI is InChI=1S/C73H114O6/c1-4-7-10-13-16-19-22-25-27-29-31-32-33-34-35-36-37-38-39-40-42-43-45-48-51-54-57-60-63-66-72(75)78-69-70(68-77-71(74)65-62-59-56-53-50-47-24-21-18-15-12-9-6-3)79-73(76)67-64-61-58-55-52-49-46-44-41-30-28-26-23-20-17-14-11-8-5-2/h7-12,16-21,25-28,31-32,34-35,37-38,41,44,47,49-50,52,70H,4-6,13-15,22-24,29-30,33,36,39-40,42-43,45-46,48,51,53-69H2,1-3H3/b10-7-,11-8-,12-9-,19-16-,20-17-,21-18-,27-25-,28-26-,32-31-,35-34-,38-37-,44-41-,50-47-,52-49-. The summed E-state index contributed by atoms with van der Waals surface area (Å²) in [5, 5.41) is 0. The van der Waals surface area contributed by atoms with Gasteiger partial charge in [0.15, 0.2) is 6.10 Å². The smallest absolute Gasteiger partial charge is 0.306 e. The zero-order valence-electron chi connectivity index (χ0n) is 50.6. The summed E-state index contributed by atoms with van der Waals surface area (Å²) in [4.78, 5) is 38.3. The first kappa shape index (κ1) is 73.8. The molecule has 0 N–H and O–H groups in total. The third kappa shape index (κ3) is 63.5. The lowest BCUT2D eigenvalue weighted by Gasteiger charge is -2.18. The number of hydrogen-bond donors (Lipinski definition) is 0. The fourth-order valence-corrected chi connectivity index (χ4v) is 8.07. The van der Waals surface area contributed by atoms with Crippen LogP contribution < -0.4 is 0 Å². The maximum atomic E-state index is 12.9. The zero-order chi connectivity index (χ0) is 57.1. The van der Waals surface area contributed by atoms with Crippen molar-refractivity contribution >= 4 is 17.9 Å². The number of unbranched alkanes of at least 4 members (excludes halogenated alkanes) is 16. The van der Waals surface area contributed by atoms with Gasteiger partial charge in [0.05, 0.1) is 0 Å². The van der Waals surface area contributed by atoms with Gasteiger partial charge in [0, 0.05) is 19.3 Å². The second kappa shape index (κ2) is 65.3. The van der Waals surface area contributed by atoms with Crippen molar-refractivity contribution in [1.82, 2.24) is 0 Å². The number of rotatable bonds is 55. The lowest BCUT2D eigenvalue weighted by molar-refractivity contribution is -0.167. The van der Waals surface area contributed by atoms with Crippen LogP contribution in [0.15, 0.2) is 170 Å². The van der Waals surface area contributed by atoms with Gasteiger partial charge < -0.3 is 14.2 Å². The Hall–Kier alpha value is -5.23. The second-order valence-electron chi connectivity index (χ2n) is 20.2. The monoisotopic (exact) mass is 1090 g/mol. The summed E-state index contributed by atoms with van der Waals surface area (Å²) in [7, 11) is 0. The van der Waals surface area contributed by atoms with E-state index in [-0.39, 0.29) is 37.5 Å². The molecule has 0 aromatic carbocycles. The Kier molecular flexibility index (Phi) is 61.0. The van der Waals surface area contributed by atoms with E-state index >= 15 is 0 Å². The molecule has 0 saturated heterocycles. The van der Waals surface area contributed by atoms with E-state index in [1.807, 2.05) is 0 Å². The molecule has 0 amide bonds. The van der Waals surface area contributed by atoms with Crippen molar-refractivity contribution in [1.29, 1.82) is 0 Å². The molecule has 6 nitrogen and oxygen atoms in total. The number of carbonyl (C=O) groups excluding carboxylic acids is 3. The molecule has 0 rings (SSSR count). The van der Waals surface area contributed by atoms with Crippen LogP contribution in [0.4, 0.5) is 0 Å². The fourth-order valence-electron chi connectivity index (χ4n) is 8.07. The van der Waals surface area contributed by atoms with Gasteiger partial charge in [-0.1, -0.05) is 255 Å². The van der Waals surface area contributed by atoms with Crippen LogP contribution >= 0.6 is 0 Å². The molecular formula is C73H114O6. The number of allylic oxidation sites excluding steroid dienone is 28. The molecule has 0 heterocycles. The summed E-state index contributed by atoms with van der Waals surface area (Å²) in [6.45, 7) is 6.23. The van der Waals surface area contributed by atoms with Crippen LogP contribution in [0, 0.1) is 0 Å². The SMILES string of the molecule is CC/C=C\C/C=C\C/C=C\C/C=C\C/C=C\C/C=C\CCCCCCCCCCCCC(=O)OCC(COC(=O)CCCCC/C=C\C/C=C\C/C=C\CC)OC(=O)CCCCC/C=C\C/C=C\C/C=C\C/C=C\C/C=C\CC. The Morgan fingerprint density at radius 1 is 0.253 bits per heavy atom. The molecule has 0 aliphatic heterocycles. The van der Waals surface area contributed by atoms with Gasteiger partial charge in [-0.05, 0) is 148 Å². The maximum absolute atomic E-state index is 12.9. The molecule has 1 atom stereocenters. The third-order valence-corrected chi connectivity index (χ3v) is 12.7. The van der Waals surface area contributed by atoms with Gasteiger partial charge in [-0.3, -0.25) is 14.4 Å². The van der Waals surface area contributed by atoms with Gasteiger partial charge in [0.2, 0.25) is 0 Å². The minimum Gasteiger partial charge on any atom is -0.462 e. The Morgan fingerprint density at radius 3 is 0.722 bits per heavy atom. The Balaban J connectivity index is 4.40. The van der Waals surface area contributed by atoms with Crippen molar-refractivity contribution in [3.8, 4) is 0 Å². The van der Waals surface area contributed by atoms with Gasteiger partial charge in [0.1, 0.15) is 13.2 Å². The third-order valence-electron chi connectivity index (χ3n) is 12.7. The van der Waals surface area contributed by atoms with Crippen LogP contribution in [0.25, 0.3) is 0 Å². The van der Waals surface area contributed by atoms with Crippen LogP contribution in [-0.2, 0) is 28.6 Å². The minimum atomic E-state index is -0.819. The van der Waals surface area contributed by atoms with Crippen molar-refractivity contribution in [2.24, 2.45) is 0 Å². The normalized spacial score (nSPS) is 13.3. The molecule has 0 saturated carbocycles. The van der Waals surface area contributed by atoms with E-state index in [1.165, 1.54) is 44.9 Å². The second-order valence-corrected chi connectivity index (χ2v) is 20.2. The van der Waals surface area contributed by atoms with Crippen molar-refractivity contribution in [3.63, 3.8) is 0 Å². The van der Waals surface area contributed by atoms with Crippen LogP contribution in [0.1, 0.15) is 252 Å². The van der Waals surface area contributed by atoms with E-state index in [0.29, 0.717) is 19.3 Å². The van der Waals surface area contributed by atoms with Crippen LogP contribution in [0.2, 0.25) is 0 Å². The average Bonchev–Trinajstić information content (AvgIpc) is 3.45. The number of ether oxygens (including phenoxy) is 3. The average molecular weight is 1090 g/mol. The highest BCUT2D eigenvalue weighted by Gasteiger charge is 2.19. The lowest BCUT2D eigenvalue weighted by Crippen LogP contribution is -2.30. The first-order chi connectivity index (χ1) is 39.0. The summed E-state index contributed by atoms with van der Waals surface area (Å²) in [6, 6.07) is 0. The molecule has 0 radical (unpaired) electrons. The molecule has 0 aliphatic carbocycles. The maximum Gasteiger partial charge on any atom is 0.306 e. The molecule has 0 aromatic heterocycles. The molecule has 79 heavy (non-hydrogen) atoms. The van der Waals surface area contributed by atoms with Crippen molar-refractivity contribution in [2.45, 2.75) is 258 Å². The largest absolute Gasteiger partial charge is 0.462 e. The van der Waals surface area contributed by atoms with Crippen molar-refractivity contribution < 1.29 is 28.6 Å². The quantitative estimate of drug-likeness (QED) is 0.0261. The molecule has 6 heteroatoms. The van der Waals surface area contributed by atoms with E-state index < -0.39 is 6.10 Å². The topological polar surface area (TPSA) is 78.9 Å². The predicted octanol–water partition coefficient (Wildman–Crippen LogP) is 21.9. The summed E-state index contributed by atoms with van der Waals surface area (Å²) in [5.41, 5.74) is 0. The van der Waals surface area contributed by atoms with E-state index in [0.717, 1.165) is 161 Å². The van der Waals surface area contributed by atoms with Gasteiger partial charge in [-0.15, -0.1) is 0 Å². The Bertz CT molecular complexity index is 1820. The van der Waals surface area contributed by atoms with E-state index in [2.05, 4.69) is 191 Å². The summed E-state index contributed by atoms with van der Waals surface area (Å²) in [6.07, 6.45) is 96.5. The minimum absolute atomic E-state index is 0.111. The highest BCUT2D eigenvalue weighted by Crippen LogP contribution is 2.14. The van der Waals surface area contributed by atoms with E-state index in [4.69, 9.17) is 14.2 Å². The molecule has 0 fully saturated rings. The van der Waals surface area contributed by atoms with Gasteiger partial charge in [0.25, 0.3) is 0 Å². The van der Waals surface area contributed by atoms with Crippen LogP contribution in [0.5, 0.6) is 0 Å². The first-order valence-electron chi connectivity index (χ1n) is 31.6. The van der Waals surface area contributed by atoms with Crippen LogP contribution in [-0.4, -0.2) is 37.2 Å². The van der Waals surface area contributed by atoms with Gasteiger partial charge >= 0.3 is 17.9 Å². The van der Waals surface area contributed by atoms with Gasteiger partial charge in [-0.25, -0.2) is 0 Å². The molecule has 1 unspecified atom stereocenters. The number of esters is 3. The zero-order valence-corrected chi connectivity index (χ0v) is 50.6.